The van der Waals surface area contributed by atoms with Gasteiger partial charge in [0.2, 0.25) is 5.82 Å². The Labute approximate surface area is 176 Å². The van der Waals surface area contributed by atoms with Crippen LogP contribution < -0.4 is 5.32 Å². The quantitative estimate of drug-likeness (QED) is 0.494. The number of hydrogen-bond acceptors (Lipinski definition) is 3. The predicted molar refractivity (Wildman–Crippen MR) is 120 cm³/mol. The van der Waals surface area contributed by atoms with Crippen LogP contribution in [0.2, 0.25) is 0 Å². The van der Waals surface area contributed by atoms with Crippen LogP contribution >= 0.6 is 0 Å². The van der Waals surface area contributed by atoms with Gasteiger partial charge in [-0.25, -0.2) is 9.67 Å². The maximum absolute atomic E-state index is 12.9. The molecule has 150 valence electrons. The standard InChI is InChI=1S/C25H24N4O/c1-4-19-11-13-21(14-12-19)26-25(30)23-27-24(20-9-5-7-17(2)15-20)29(28-23)22-10-6-8-18(3)16-22/h5-16H,4H2,1-3H3,(H,26,30). The van der Waals surface area contributed by atoms with Crippen molar-refractivity contribution in [2.24, 2.45) is 0 Å². The van der Waals surface area contributed by atoms with Gasteiger partial charge in [-0.1, -0.05) is 55.0 Å². The Morgan fingerprint density at radius 1 is 0.933 bits per heavy atom. The molecule has 0 atom stereocenters. The summed E-state index contributed by atoms with van der Waals surface area (Å²) in [6, 6.07) is 23.8. The first-order chi connectivity index (χ1) is 14.5. The van der Waals surface area contributed by atoms with E-state index in [1.165, 1.54) is 5.56 Å². The molecule has 5 nitrogen and oxygen atoms in total. The van der Waals surface area contributed by atoms with E-state index in [1.807, 2.05) is 86.6 Å². The molecule has 1 aromatic heterocycles. The van der Waals surface area contributed by atoms with E-state index in [1.54, 1.807) is 4.68 Å². The van der Waals surface area contributed by atoms with E-state index in [2.05, 4.69) is 22.3 Å². The fourth-order valence-electron chi connectivity index (χ4n) is 3.33. The molecule has 0 aliphatic carbocycles. The molecule has 0 aliphatic heterocycles. The summed E-state index contributed by atoms with van der Waals surface area (Å²) < 4.78 is 1.73. The number of aryl methyl sites for hydroxylation is 3. The maximum atomic E-state index is 12.9. The fraction of sp³-hybridized carbons (Fsp3) is 0.160. The van der Waals surface area contributed by atoms with Crippen molar-refractivity contribution in [1.82, 2.24) is 14.8 Å². The zero-order chi connectivity index (χ0) is 21.1. The third-order valence-corrected chi connectivity index (χ3v) is 4.95. The summed E-state index contributed by atoms with van der Waals surface area (Å²) in [5.41, 5.74) is 5.95. The van der Waals surface area contributed by atoms with Crippen molar-refractivity contribution in [2.75, 3.05) is 5.32 Å². The van der Waals surface area contributed by atoms with Gasteiger partial charge in [0.05, 0.1) is 5.69 Å². The molecular weight excluding hydrogens is 372 g/mol. The monoisotopic (exact) mass is 396 g/mol. The SMILES string of the molecule is CCc1ccc(NC(=O)c2nc(-c3cccc(C)c3)n(-c3cccc(C)c3)n2)cc1. The molecule has 4 rings (SSSR count). The normalized spacial score (nSPS) is 10.8. The lowest BCUT2D eigenvalue weighted by Gasteiger charge is -2.07. The Morgan fingerprint density at radius 3 is 2.30 bits per heavy atom. The molecule has 0 saturated carbocycles. The van der Waals surface area contributed by atoms with Gasteiger partial charge in [0.15, 0.2) is 5.82 Å². The van der Waals surface area contributed by atoms with E-state index in [0.29, 0.717) is 5.82 Å². The van der Waals surface area contributed by atoms with Gasteiger partial charge in [-0.2, -0.15) is 0 Å². The van der Waals surface area contributed by atoms with Gasteiger partial charge in [-0.05, 0) is 61.7 Å². The Kier molecular flexibility index (Phi) is 5.44. The lowest BCUT2D eigenvalue weighted by Crippen LogP contribution is -2.14. The number of rotatable bonds is 5. The summed E-state index contributed by atoms with van der Waals surface area (Å²) in [5.74, 6) is 0.433. The summed E-state index contributed by atoms with van der Waals surface area (Å²) in [7, 11) is 0. The average molecular weight is 396 g/mol. The fourth-order valence-corrected chi connectivity index (χ4v) is 3.33. The van der Waals surface area contributed by atoms with Crippen molar-refractivity contribution in [3.05, 3.63) is 95.3 Å². The van der Waals surface area contributed by atoms with Gasteiger partial charge in [-0.15, -0.1) is 5.10 Å². The third kappa shape index (κ3) is 4.15. The zero-order valence-corrected chi connectivity index (χ0v) is 17.4. The van der Waals surface area contributed by atoms with Crippen LogP contribution in [0, 0.1) is 13.8 Å². The first kappa shape index (κ1) is 19.6. The topological polar surface area (TPSA) is 59.8 Å². The van der Waals surface area contributed by atoms with Gasteiger partial charge in [-0.3, -0.25) is 4.79 Å². The minimum atomic E-state index is -0.334. The summed E-state index contributed by atoms with van der Waals surface area (Å²) in [6.45, 7) is 6.16. The smallest absolute Gasteiger partial charge is 0.295 e. The van der Waals surface area contributed by atoms with E-state index >= 15 is 0 Å². The second-order valence-corrected chi connectivity index (χ2v) is 7.38. The summed E-state index contributed by atoms with van der Waals surface area (Å²) in [5, 5.41) is 7.45. The number of nitrogens with zero attached hydrogens (tertiary/aromatic N) is 3. The number of aromatic nitrogens is 3. The zero-order valence-electron chi connectivity index (χ0n) is 17.4. The largest absolute Gasteiger partial charge is 0.319 e. The van der Waals surface area contributed by atoms with Gasteiger partial charge in [0.25, 0.3) is 5.91 Å². The Hall–Kier alpha value is -3.73. The molecule has 0 aliphatic rings. The summed E-state index contributed by atoms with van der Waals surface area (Å²) >= 11 is 0. The van der Waals surface area contributed by atoms with Crippen molar-refractivity contribution < 1.29 is 4.79 Å². The Balaban J connectivity index is 1.73. The maximum Gasteiger partial charge on any atom is 0.295 e. The summed E-state index contributed by atoms with van der Waals surface area (Å²) in [6.07, 6.45) is 0.955. The number of carbonyl (C=O) groups is 1. The molecular formula is C25H24N4O. The first-order valence-corrected chi connectivity index (χ1v) is 10.0. The predicted octanol–water partition coefficient (Wildman–Crippen LogP) is 5.37. The molecule has 0 unspecified atom stereocenters. The second kappa shape index (κ2) is 8.33. The third-order valence-electron chi connectivity index (χ3n) is 4.95. The number of amides is 1. The molecule has 4 aromatic rings. The van der Waals surface area contributed by atoms with Gasteiger partial charge in [0, 0.05) is 11.3 Å². The highest BCUT2D eigenvalue weighted by molar-refractivity contribution is 6.01. The lowest BCUT2D eigenvalue weighted by molar-refractivity contribution is 0.101. The molecule has 0 bridgehead atoms. The highest BCUT2D eigenvalue weighted by atomic mass is 16.2. The summed E-state index contributed by atoms with van der Waals surface area (Å²) in [4.78, 5) is 17.5. The highest BCUT2D eigenvalue weighted by Gasteiger charge is 2.19. The van der Waals surface area contributed by atoms with Crippen molar-refractivity contribution in [1.29, 1.82) is 0 Å². The van der Waals surface area contributed by atoms with E-state index in [0.717, 1.165) is 34.5 Å². The average Bonchev–Trinajstić information content (AvgIpc) is 3.20. The number of nitrogens with one attached hydrogen (secondary N) is 1. The number of benzene rings is 3. The van der Waals surface area contributed by atoms with Crippen LogP contribution in [0.25, 0.3) is 17.1 Å². The van der Waals surface area contributed by atoms with Gasteiger partial charge < -0.3 is 5.32 Å². The van der Waals surface area contributed by atoms with Crippen LogP contribution in [-0.2, 0) is 6.42 Å². The molecule has 0 radical (unpaired) electrons. The first-order valence-electron chi connectivity index (χ1n) is 10.0. The number of hydrogen-bond donors (Lipinski definition) is 1. The van der Waals surface area contributed by atoms with Crippen LogP contribution in [-0.4, -0.2) is 20.7 Å². The molecule has 0 saturated heterocycles. The molecule has 30 heavy (non-hydrogen) atoms. The van der Waals surface area contributed by atoms with E-state index in [9.17, 15) is 4.79 Å². The van der Waals surface area contributed by atoms with E-state index < -0.39 is 0 Å². The van der Waals surface area contributed by atoms with Crippen LogP contribution in [0.5, 0.6) is 0 Å². The van der Waals surface area contributed by atoms with Crippen molar-refractivity contribution >= 4 is 11.6 Å². The Bertz CT molecular complexity index is 1130. The molecule has 1 amide bonds. The highest BCUT2D eigenvalue weighted by Crippen LogP contribution is 2.23. The second-order valence-electron chi connectivity index (χ2n) is 7.38. The molecule has 0 fully saturated rings. The molecule has 5 heteroatoms. The number of carbonyl (C=O) groups excluding carboxylic acids is 1. The molecule has 0 spiro atoms. The minimum absolute atomic E-state index is 0.132. The van der Waals surface area contributed by atoms with E-state index in [4.69, 9.17) is 0 Å². The van der Waals surface area contributed by atoms with Crippen molar-refractivity contribution in [3.63, 3.8) is 0 Å². The number of anilines is 1. The van der Waals surface area contributed by atoms with Crippen LogP contribution in [0.4, 0.5) is 5.69 Å². The van der Waals surface area contributed by atoms with Crippen molar-refractivity contribution in [2.45, 2.75) is 27.2 Å². The van der Waals surface area contributed by atoms with Crippen LogP contribution in [0.3, 0.4) is 0 Å². The van der Waals surface area contributed by atoms with Gasteiger partial charge in [0.1, 0.15) is 0 Å². The Morgan fingerprint density at radius 2 is 1.63 bits per heavy atom. The van der Waals surface area contributed by atoms with Crippen LogP contribution in [0.15, 0.2) is 72.8 Å². The van der Waals surface area contributed by atoms with Crippen LogP contribution in [0.1, 0.15) is 34.2 Å². The molecule has 1 N–H and O–H groups in total. The molecule has 3 aromatic carbocycles. The molecule has 1 heterocycles. The van der Waals surface area contributed by atoms with Crippen molar-refractivity contribution in [3.8, 4) is 17.1 Å². The van der Waals surface area contributed by atoms with E-state index in [-0.39, 0.29) is 11.7 Å². The van der Waals surface area contributed by atoms with Gasteiger partial charge >= 0.3 is 0 Å². The lowest BCUT2D eigenvalue weighted by atomic mass is 10.1. The minimum Gasteiger partial charge on any atom is -0.319 e.